The average molecular weight is 278 g/mol. The summed E-state index contributed by atoms with van der Waals surface area (Å²) in [6.45, 7) is 1.88. The predicted octanol–water partition coefficient (Wildman–Crippen LogP) is 2.01. The fourth-order valence-corrected chi connectivity index (χ4v) is 2.97. The summed E-state index contributed by atoms with van der Waals surface area (Å²) in [5.41, 5.74) is 0.757. The third-order valence-corrected chi connectivity index (χ3v) is 3.97. The van der Waals surface area contributed by atoms with E-state index in [2.05, 4.69) is 16.9 Å². The SMILES string of the molecule is CN1CCC(n2c(CCl)nc3ccccc3c2=O)C1. The van der Waals surface area contributed by atoms with E-state index in [0.717, 1.165) is 25.0 Å². The molecule has 2 heterocycles. The van der Waals surface area contributed by atoms with E-state index in [4.69, 9.17) is 11.6 Å². The van der Waals surface area contributed by atoms with E-state index < -0.39 is 0 Å². The highest BCUT2D eigenvalue weighted by Crippen LogP contribution is 2.21. The molecule has 1 saturated heterocycles. The first-order chi connectivity index (χ1) is 9.20. The van der Waals surface area contributed by atoms with E-state index in [1.54, 1.807) is 4.57 Å². The van der Waals surface area contributed by atoms with Crippen LogP contribution in [0, 0.1) is 0 Å². The van der Waals surface area contributed by atoms with E-state index in [0.29, 0.717) is 11.2 Å². The second-order valence-corrected chi connectivity index (χ2v) is 5.33. The van der Waals surface area contributed by atoms with Crippen LogP contribution < -0.4 is 5.56 Å². The molecule has 0 radical (unpaired) electrons. The molecule has 1 aliphatic rings. The molecule has 0 amide bonds. The molecule has 0 N–H and O–H groups in total. The van der Waals surface area contributed by atoms with Crippen LogP contribution >= 0.6 is 11.6 Å². The molecule has 1 unspecified atom stereocenters. The number of para-hydroxylation sites is 1. The smallest absolute Gasteiger partial charge is 0.261 e. The lowest BCUT2D eigenvalue weighted by molar-refractivity contribution is 0.386. The maximum absolute atomic E-state index is 12.6. The van der Waals surface area contributed by atoms with Gasteiger partial charge in [-0.15, -0.1) is 11.6 Å². The summed E-state index contributed by atoms with van der Waals surface area (Å²) in [6.07, 6.45) is 0.973. The monoisotopic (exact) mass is 277 g/mol. The van der Waals surface area contributed by atoms with Crippen molar-refractivity contribution in [1.82, 2.24) is 14.5 Å². The van der Waals surface area contributed by atoms with Gasteiger partial charge < -0.3 is 4.90 Å². The number of hydrogen-bond acceptors (Lipinski definition) is 3. The van der Waals surface area contributed by atoms with Crippen LogP contribution in [0.1, 0.15) is 18.3 Å². The lowest BCUT2D eigenvalue weighted by Crippen LogP contribution is -2.30. The van der Waals surface area contributed by atoms with Crippen molar-refractivity contribution in [3.8, 4) is 0 Å². The molecular formula is C14H16ClN3O. The molecule has 1 fully saturated rings. The first-order valence-corrected chi connectivity index (χ1v) is 6.99. The summed E-state index contributed by atoms with van der Waals surface area (Å²) >= 11 is 5.98. The van der Waals surface area contributed by atoms with Gasteiger partial charge in [-0.1, -0.05) is 12.1 Å². The van der Waals surface area contributed by atoms with Crippen LogP contribution in [0.4, 0.5) is 0 Å². The predicted molar refractivity (Wildman–Crippen MR) is 76.7 cm³/mol. The molecule has 1 aromatic carbocycles. The molecular weight excluding hydrogens is 262 g/mol. The number of rotatable bonds is 2. The van der Waals surface area contributed by atoms with Crippen LogP contribution in [0.3, 0.4) is 0 Å². The molecule has 0 bridgehead atoms. The fourth-order valence-electron chi connectivity index (χ4n) is 2.79. The Morgan fingerprint density at radius 1 is 1.42 bits per heavy atom. The largest absolute Gasteiger partial charge is 0.304 e. The Morgan fingerprint density at radius 2 is 2.21 bits per heavy atom. The van der Waals surface area contributed by atoms with Crippen molar-refractivity contribution >= 4 is 22.5 Å². The van der Waals surface area contributed by atoms with E-state index in [9.17, 15) is 4.79 Å². The zero-order chi connectivity index (χ0) is 13.4. The number of fused-ring (bicyclic) bond motifs is 1. The zero-order valence-electron chi connectivity index (χ0n) is 10.8. The molecule has 3 rings (SSSR count). The zero-order valence-corrected chi connectivity index (χ0v) is 11.6. The minimum absolute atomic E-state index is 0.0292. The van der Waals surface area contributed by atoms with E-state index in [-0.39, 0.29) is 17.5 Å². The lowest BCUT2D eigenvalue weighted by Gasteiger charge is -2.18. The molecule has 0 aliphatic carbocycles. The van der Waals surface area contributed by atoms with Gasteiger partial charge in [0.2, 0.25) is 0 Å². The highest BCUT2D eigenvalue weighted by molar-refractivity contribution is 6.16. The fraction of sp³-hybridized carbons (Fsp3) is 0.429. The quantitative estimate of drug-likeness (QED) is 0.788. The van der Waals surface area contributed by atoms with Gasteiger partial charge >= 0.3 is 0 Å². The van der Waals surface area contributed by atoms with Crippen LogP contribution in [0.2, 0.25) is 0 Å². The Kier molecular flexibility index (Phi) is 3.29. The van der Waals surface area contributed by atoms with Gasteiger partial charge in [0.05, 0.1) is 22.8 Å². The minimum Gasteiger partial charge on any atom is -0.304 e. The summed E-state index contributed by atoms with van der Waals surface area (Å²) < 4.78 is 1.79. The summed E-state index contributed by atoms with van der Waals surface area (Å²) in [7, 11) is 2.07. The van der Waals surface area contributed by atoms with Crippen LogP contribution in [0.15, 0.2) is 29.1 Å². The third-order valence-electron chi connectivity index (χ3n) is 3.73. The van der Waals surface area contributed by atoms with Crippen molar-refractivity contribution in [2.24, 2.45) is 0 Å². The first-order valence-electron chi connectivity index (χ1n) is 6.45. The number of likely N-dealkylation sites (N-methyl/N-ethyl adjacent to an activating group) is 1. The number of nitrogens with zero attached hydrogens (tertiary/aromatic N) is 3. The van der Waals surface area contributed by atoms with E-state index in [1.807, 2.05) is 24.3 Å². The molecule has 100 valence electrons. The van der Waals surface area contributed by atoms with Gasteiger partial charge in [0.15, 0.2) is 0 Å². The van der Waals surface area contributed by atoms with Gasteiger partial charge in [-0.2, -0.15) is 0 Å². The lowest BCUT2D eigenvalue weighted by atomic mass is 10.2. The minimum atomic E-state index is 0.0292. The van der Waals surface area contributed by atoms with Crippen molar-refractivity contribution in [2.45, 2.75) is 18.3 Å². The van der Waals surface area contributed by atoms with Gasteiger partial charge in [0.25, 0.3) is 5.56 Å². The van der Waals surface area contributed by atoms with Crippen molar-refractivity contribution in [2.75, 3.05) is 20.1 Å². The Hall–Kier alpha value is -1.39. The standard InChI is InChI=1S/C14H16ClN3O/c1-17-7-6-10(9-17)18-13(8-15)16-12-5-3-2-4-11(12)14(18)19/h2-5,10H,6-9H2,1H3. The summed E-state index contributed by atoms with van der Waals surface area (Å²) in [5, 5.41) is 0.672. The number of hydrogen-bond donors (Lipinski definition) is 0. The molecule has 0 saturated carbocycles. The van der Waals surface area contributed by atoms with Gasteiger partial charge in [0, 0.05) is 6.54 Å². The summed E-state index contributed by atoms with van der Waals surface area (Å²) in [6, 6.07) is 7.64. The van der Waals surface area contributed by atoms with E-state index >= 15 is 0 Å². The van der Waals surface area contributed by atoms with Crippen LogP contribution in [-0.4, -0.2) is 34.6 Å². The highest BCUT2D eigenvalue weighted by Gasteiger charge is 2.25. The van der Waals surface area contributed by atoms with Crippen LogP contribution in [0.5, 0.6) is 0 Å². The molecule has 1 atom stereocenters. The summed E-state index contributed by atoms with van der Waals surface area (Å²) in [4.78, 5) is 19.4. The molecule has 4 nitrogen and oxygen atoms in total. The van der Waals surface area contributed by atoms with Gasteiger partial charge in [0.1, 0.15) is 5.82 Å². The van der Waals surface area contributed by atoms with Crippen molar-refractivity contribution in [3.05, 3.63) is 40.4 Å². The Labute approximate surface area is 116 Å². The topological polar surface area (TPSA) is 38.1 Å². The molecule has 19 heavy (non-hydrogen) atoms. The number of halogens is 1. The van der Waals surface area contributed by atoms with Crippen LogP contribution in [-0.2, 0) is 5.88 Å². The van der Waals surface area contributed by atoms with Crippen LogP contribution in [0.25, 0.3) is 10.9 Å². The maximum atomic E-state index is 12.6. The Bertz CT molecular complexity index is 667. The Balaban J connectivity index is 2.22. The van der Waals surface area contributed by atoms with Gasteiger partial charge in [-0.3, -0.25) is 9.36 Å². The molecule has 1 aromatic heterocycles. The summed E-state index contributed by atoms with van der Waals surface area (Å²) in [5.74, 6) is 0.936. The first kappa shape index (κ1) is 12.6. The number of benzene rings is 1. The molecule has 1 aliphatic heterocycles. The second kappa shape index (κ2) is 4.94. The third kappa shape index (κ3) is 2.15. The molecule has 5 heteroatoms. The molecule has 2 aromatic rings. The Morgan fingerprint density at radius 3 is 2.89 bits per heavy atom. The van der Waals surface area contributed by atoms with Gasteiger partial charge in [-0.05, 0) is 32.1 Å². The highest BCUT2D eigenvalue weighted by atomic mass is 35.5. The van der Waals surface area contributed by atoms with Crippen molar-refractivity contribution < 1.29 is 0 Å². The van der Waals surface area contributed by atoms with Gasteiger partial charge in [-0.25, -0.2) is 4.98 Å². The normalized spacial score (nSPS) is 20.2. The molecule has 0 spiro atoms. The van der Waals surface area contributed by atoms with Crippen molar-refractivity contribution in [3.63, 3.8) is 0 Å². The van der Waals surface area contributed by atoms with Crippen molar-refractivity contribution in [1.29, 1.82) is 0 Å². The second-order valence-electron chi connectivity index (χ2n) is 5.06. The van der Waals surface area contributed by atoms with E-state index in [1.165, 1.54) is 0 Å². The number of aromatic nitrogens is 2. The maximum Gasteiger partial charge on any atom is 0.261 e. The number of likely N-dealkylation sites (tertiary alicyclic amines) is 1. The average Bonchev–Trinajstić information content (AvgIpc) is 2.84. The number of alkyl halides is 1.